The number of nitrogens with one attached hydrogen (secondary N) is 1. The van der Waals surface area contributed by atoms with Crippen LogP contribution in [0.25, 0.3) is 5.65 Å². The van der Waals surface area contributed by atoms with Gasteiger partial charge in [-0.05, 0) is 43.7 Å². The van der Waals surface area contributed by atoms with E-state index >= 15 is 0 Å². The maximum Gasteiger partial charge on any atom is 0.417 e. The number of rotatable bonds is 2. The van der Waals surface area contributed by atoms with Gasteiger partial charge in [0.15, 0.2) is 0 Å². The smallest absolute Gasteiger partial charge is 0.417 e. The number of imidazole rings is 1. The van der Waals surface area contributed by atoms with E-state index in [4.69, 9.17) is 0 Å². The molecule has 0 spiro atoms. The third-order valence-corrected chi connectivity index (χ3v) is 3.74. The Bertz CT molecular complexity index is 977. The third kappa shape index (κ3) is 3.15. The highest BCUT2D eigenvalue weighted by Gasteiger charge is 2.31. The van der Waals surface area contributed by atoms with Gasteiger partial charge in [0.25, 0.3) is 5.91 Å². The van der Waals surface area contributed by atoms with Crippen molar-refractivity contribution < 1.29 is 23.1 Å². The van der Waals surface area contributed by atoms with Gasteiger partial charge in [0.1, 0.15) is 17.1 Å². The van der Waals surface area contributed by atoms with Crippen LogP contribution in [-0.2, 0) is 6.18 Å². The number of halogens is 3. The summed E-state index contributed by atoms with van der Waals surface area (Å²) < 4.78 is 39.9. The number of amides is 1. The average Bonchev–Trinajstić information content (AvgIpc) is 2.84. The highest BCUT2D eigenvalue weighted by Crippen LogP contribution is 2.30. The van der Waals surface area contributed by atoms with Crippen LogP contribution >= 0.6 is 0 Å². The molecule has 5 nitrogen and oxygen atoms in total. The minimum absolute atomic E-state index is 0.0268. The second-order valence-electron chi connectivity index (χ2n) is 5.66. The monoisotopic (exact) mass is 349 g/mol. The van der Waals surface area contributed by atoms with Crippen molar-refractivity contribution in [3.63, 3.8) is 0 Å². The number of aryl methyl sites for hydroxylation is 2. The second-order valence-corrected chi connectivity index (χ2v) is 5.66. The van der Waals surface area contributed by atoms with Gasteiger partial charge in [-0.15, -0.1) is 0 Å². The van der Waals surface area contributed by atoms with E-state index in [2.05, 4.69) is 10.3 Å². The zero-order valence-corrected chi connectivity index (χ0v) is 13.3. The van der Waals surface area contributed by atoms with Crippen LogP contribution in [-0.4, -0.2) is 20.4 Å². The molecule has 2 heterocycles. The molecule has 2 N–H and O–H groups in total. The molecule has 0 saturated carbocycles. The van der Waals surface area contributed by atoms with E-state index in [-0.39, 0.29) is 28.5 Å². The molecule has 0 saturated heterocycles. The van der Waals surface area contributed by atoms with E-state index in [0.29, 0.717) is 0 Å². The Morgan fingerprint density at radius 3 is 2.56 bits per heavy atom. The number of phenolic OH excluding ortho intramolecular Hbond substituents is 1. The number of phenols is 1. The quantitative estimate of drug-likeness (QED) is 0.689. The molecule has 0 aliphatic carbocycles. The number of anilines is 1. The molecule has 0 atom stereocenters. The number of carbonyl (C=O) groups excluding carboxylic acids is 1. The number of fused-ring (bicyclic) bond motifs is 1. The van der Waals surface area contributed by atoms with Crippen molar-refractivity contribution >= 4 is 17.2 Å². The summed E-state index contributed by atoms with van der Waals surface area (Å²) in [4.78, 5) is 16.7. The Kier molecular flexibility index (Phi) is 3.90. The van der Waals surface area contributed by atoms with E-state index in [1.54, 1.807) is 13.0 Å². The second kappa shape index (κ2) is 5.80. The summed E-state index contributed by atoms with van der Waals surface area (Å²) in [6.45, 7) is 3.31. The van der Waals surface area contributed by atoms with Crippen LogP contribution < -0.4 is 5.32 Å². The molecule has 0 unspecified atom stereocenters. The number of hydrogen-bond donors (Lipinski definition) is 2. The first-order valence-corrected chi connectivity index (χ1v) is 7.33. The summed E-state index contributed by atoms with van der Waals surface area (Å²) >= 11 is 0. The Labute approximate surface area is 140 Å². The lowest BCUT2D eigenvalue weighted by molar-refractivity contribution is -0.137. The molecule has 0 radical (unpaired) electrons. The van der Waals surface area contributed by atoms with Crippen LogP contribution in [0.15, 0.2) is 36.5 Å². The topological polar surface area (TPSA) is 66.6 Å². The van der Waals surface area contributed by atoms with Gasteiger partial charge < -0.3 is 10.4 Å². The predicted octanol–water partition coefficient (Wildman–Crippen LogP) is 3.93. The minimum Gasteiger partial charge on any atom is -0.506 e. The Hall–Kier alpha value is -3.03. The number of aromatic hydroxyl groups is 1. The standard InChI is InChI=1S/C17H14F3N3O2/c1-9-3-5-12(13(24)7-9)22-16(25)15-10(2)21-14-6-4-11(8-23(14)15)17(18,19)20/h3-8,24H,1-2H3,(H,22,25). The minimum atomic E-state index is -4.53. The van der Waals surface area contributed by atoms with Crippen LogP contribution in [0.3, 0.4) is 0 Å². The van der Waals surface area contributed by atoms with E-state index < -0.39 is 17.6 Å². The zero-order chi connectivity index (χ0) is 18.4. The van der Waals surface area contributed by atoms with Crippen molar-refractivity contribution in [2.24, 2.45) is 0 Å². The Balaban J connectivity index is 2.04. The van der Waals surface area contributed by atoms with Gasteiger partial charge in [-0.25, -0.2) is 4.98 Å². The molecule has 1 amide bonds. The maximum atomic E-state index is 12.9. The van der Waals surface area contributed by atoms with Crippen molar-refractivity contribution in [3.05, 3.63) is 59.0 Å². The summed E-state index contributed by atoms with van der Waals surface area (Å²) in [5, 5.41) is 12.4. The van der Waals surface area contributed by atoms with Gasteiger partial charge in [-0.1, -0.05) is 6.07 Å². The molecule has 3 rings (SSSR count). The molecule has 8 heteroatoms. The first-order chi connectivity index (χ1) is 11.7. The number of benzene rings is 1. The van der Waals surface area contributed by atoms with Gasteiger partial charge in [0.05, 0.1) is 16.9 Å². The SMILES string of the molecule is Cc1ccc(NC(=O)c2c(C)nc3ccc(C(F)(F)F)cn23)c(O)c1. The average molecular weight is 349 g/mol. The van der Waals surface area contributed by atoms with E-state index in [0.717, 1.165) is 22.2 Å². The van der Waals surface area contributed by atoms with Crippen molar-refractivity contribution in [1.29, 1.82) is 0 Å². The number of aromatic nitrogens is 2. The molecule has 130 valence electrons. The van der Waals surface area contributed by atoms with Crippen LogP contribution in [0.4, 0.5) is 18.9 Å². The predicted molar refractivity (Wildman–Crippen MR) is 85.7 cm³/mol. The molecule has 0 fully saturated rings. The van der Waals surface area contributed by atoms with Crippen LogP contribution in [0.2, 0.25) is 0 Å². The largest absolute Gasteiger partial charge is 0.506 e. The van der Waals surface area contributed by atoms with Crippen molar-refractivity contribution in [2.45, 2.75) is 20.0 Å². The molecule has 0 bridgehead atoms. The fraction of sp³-hybridized carbons (Fsp3) is 0.176. The van der Waals surface area contributed by atoms with Crippen molar-refractivity contribution in [2.75, 3.05) is 5.32 Å². The van der Waals surface area contributed by atoms with Crippen LogP contribution in [0.5, 0.6) is 5.75 Å². The number of hydrogen-bond acceptors (Lipinski definition) is 3. The lowest BCUT2D eigenvalue weighted by Crippen LogP contribution is -2.16. The Morgan fingerprint density at radius 1 is 1.20 bits per heavy atom. The molecular weight excluding hydrogens is 335 g/mol. The molecule has 25 heavy (non-hydrogen) atoms. The number of alkyl halides is 3. The fourth-order valence-corrected chi connectivity index (χ4v) is 2.53. The first kappa shape index (κ1) is 16.8. The van der Waals surface area contributed by atoms with Crippen molar-refractivity contribution in [3.8, 4) is 5.75 Å². The van der Waals surface area contributed by atoms with Gasteiger partial charge in [0.2, 0.25) is 0 Å². The fourth-order valence-electron chi connectivity index (χ4n) is 2.53. The van der Waals surface area contributed by atoms with E-state index in [1.807, 2.05) is 0 Å². The molecule has 0 aliphatic heterocycles. The van der Waals surface area contributed by atoms with Gasteiger partial charge in [-0.2, -0.15) is 13.2 Å². The van der Waals surface area contributed by atoms with Gasteiger partial charge >= 0.3 is 6.18 Å². The highest BCUT2D eigenvalue weighted by molar-refractivity contribution is 6.05. The molecule has 3 aromatic rings. The zero-order valence-electron chi connectivity index (χ0n) is 13.3. The van der Waals surface area contributed by atoms with E-state index in [1.165, 1.54) is 25.1 Å². The summed E-state index contributed by atoms with van der Waals surface area (Å²) in [6.07, 6.45) is -3.70. The summed E-state index contributed by atoms with van der Waals surface area (Å²) in [5.74, 6) is -0.792. The molecule has 1 aromatic carbocycles. The number of nitrogens with zero attached hydrogens (tertiary/aromatic N) is 2. The van der Waals surface area contributed by atoms with E-state index in [9.17, 15) is 23.1 Å². The third-order valence-electron chi connectivity index (χ3n) is 3.74. The summed E-state index contributed by atoms with van der Waals surface area (Å²) in [7, 11) is 0. The first-order valence-electron chi connectivity index (χ1n) is 7.33. The lowest BCUT2D eigenvalue weighted by atomic mass is 10.2. The molecule has 2 aromatic heterocycles. The number of carbonyl (C=O) groups is 1. The molecular formula is C17H14F3N3O2. The van der Waals surface area contributed by atoms with Crippen LogP contribution in [0.1, 0.15) is 27.3 Å². The van der Waals surface area contributed by atoms with Gasteiger partial charge in [-0.3, -0.25) is 9.20 Å². The van der Waals surface area contributed by atoms with Crippen LogP contribution in [0, 0.1) is 13.8 Å². The summed E-state index contributed by atoms with van der Waals surface area (Å²) in [6, 6.07) is 6.80. The maximum absolute atomic E-state index is 12.9. The molecule has 0 aliphatic rings. The lowest BCUT2D eigenvalue weighted by Gasteiger charge is -2.10. The summed E-state index contributed by atoms with van der Waals surface area (Å²) in [5.41, 5.74) is 0.561. The number of pyridine rings is 1. The van der Waals surface area contributed by atoms with Gasteiger partial charge in [0, 0.05) is 6.20 Å². The van der Waals surface area contributed by atoms with Crippen molar-refractivity contribution in [1.82, 2.24) is 9.38 Å². The Morgan fingerprint density at radius 2 is 1.92 bits per heavy atom. The normalized spacial score (nSPS) is 11.7. The highest BCUT2D eigenvalue weighted by atomic mass is 19.4.